The molecule has 0 saturated carbocycles. The van der Waals surface area contributed by atoms with Crippen molar-refractivity contribution >= 4 is 15.9 Å². The number of halogens is 1. The molecule has 1 nitrogen and oxygen atoms in total. The molecule has 0 amide bonds. The summed E-state index contributed by atoms with van der Waals surface area (Å²) in [7, 11) is 0. The van der Waals surface area contributed by atoms with Gasteiger partial charge < -0.3 is 4.74 Å². The van der Waals surface area contributed by atoms with Crippen molar-refractivity contribution in [1.82, 2.24) is 0 Å². The van der Waals surface area contributed by atoms with Crippen LogP contribution in [0.25, 0.3) is 0 Å². The minimum Gasteiger partial charge on any atom is -0.381 e. The standard InChI is InChI=1S/C7H15BrO/c1-2-3-6-9-7-4-5-8/h2-7H2,1H3. The van der Waals surface area contributed by atoms with Crippen molar-refractivity contribution in [3.63, 3.8) is 0 Å². The first-order valence-corrected chi connectivity index (χ1v) is 4.67. The normalized spacial score (nSPS) is 10.0. The Morgan fingerprint density at radius 3 is 2.44 bits per heavy atom. The highest BCUT2D eigenvalue weighted by molar-refractivity contribution is 9.09. The highest BCUT2D eigenvalue weighted by Crippen LogP contribution is 1.91. The summed E-state index contributed by atoms with van der Waals surface area (Å²) in [6.45, 7) is 4.02. The monoisotopic (exact) mass is 194 g/mol. The van der Waals surface area contributed by atoms with E-state index in [1.165, 1.54) is 12.8 Å². The number of ether oxygens (including phenoxy) is 1. The number of unbranched alkanes of at least 4 members (excludes halogenated alkanes) is 1. The third-order valence-corrected chi connectivity index (χ3v) is 1.63. The maximum absolute atomic E-state index is 5.28. The molecule has 0 rings (SSSR count). The summed E-state index contributed by atoms with van der Waals surface area (Å²) in [6.07, 6.45) is 3.56. The molecule has 0 aliphatic carbocycles. The summed E-state index contributed by atoms with van der Waals surface area (Å²) in [6, 6.07) is 0. The lowest BCUT2D eigenvalue weighted by atomic mass is 10.4. The van der Waals surface area contributed by atoms with Crippen molar-refractivity contribution in [2.24, 2.45) is 0 Å². The summed E-state index contributed by atoms with van der Waals surface area (Å²) in [5.41, 5.74) is 0. The van der Waals surface area contributed by atoms with Crippen molar-refractivity contribution in [1.29, 1.82) is 0 Å². The summed E-state index contributed by atoms with van der Waals surface area (Å²) in [5.74, 6) is 0. The Morgan fingerprint density at radius 1 is 1.22 bits per heavy atom. The Hall–Kier alpha value is 0.440. The van der Waals surface area contributed by atoms with Crippen LogP contribution in [0.15, 0.2) is 0 Å². The molecular weight excluding hydrogens is 180 g/mol. The number of alkyl halides is 1. The van der Waals surface area contributed by atoms with Gasteiger partial charge in [-0.25, -0.2) is 0 Å². The van der Waals surface area contributed by atoms with Crippen LogP contribution in [-0.2, 0) is 4.74 Å². The lowest BCUT2D eigenvalue weighted by Gasteiger charge is -1.99. The van der Waals surface area contributed by atoms with E-state index in [1.54, 1.807) is 0 Å². The predicted octanol–water partition coefficient (Wildman–Crippen LogP) is 2.59. The van der Waals surface area contributed by atoms with Gasteiger partial charge in [0, 0.05) is 18.5 Å². The summed E-state index contributed by atoms with van der Waals surface area (Å²) < 4.78 is 5.28. The molecule has 0 saturated heterocycles. The summed E-state index contributed by atoms with van der Waals surface area (Å²) >= 11 is 3.34. The minimum atomic E-state index is 0.908. The quantitative estimate of drug-likeness (QED) is 0.467. The van der Waals surface area contributed by atoms with E-state index in [4.69, 9.17) is 4.74 Å². The van der Waals surface area contributed by atoms with Crippen LogP contribution in [0.4, 0.5) is 0 Å². The van der Waals surface area contributed by atoms with Gasteiger partial charge in [0.15, 0.2) is 0 Å². The van der Waals surface area contributed by atoms with Gasteiger partial charge in [-0.05, 0) is 12.8 Å². The third kappa shape index (κ3) is 8.44. The fraction of sp³-hybridized carbons (Fsp3) is 1.00. The van der Waals surface area contributed by atoms with Gasteiger partial charge in [0.2, 0.25) is 0 Å². The first kappa shape index (κ1) is 9.44. The van der Waals surface area contributed by atoms with Crippen LogP contribution in [0.1, 0.15) is 26.2 Å². The first-order chi connectivity index (χ1) is 4.41. The second-order valence-corrected chi connectivity index (χ2v) is 2.80. The van der Waals surface area contributed by atoms with Crippen molar-refractivity contribution in [2.45, 2.75) is 26.2 Å². The van der Waals surface area contributed by atoms with Crippen molar-refractivity contribution in [2.75, 3.05) is 18.5 Å². The Bertz CT molecular complexity index is 42.2. The summed E-state index contributed by atoms with van der Waals surface area (Å²) in [4.78, 5) is 0. The molecular formula is C7H15BrO. The fourth-order valence-electron chi connectivity index (χ4n) is 0.505. The van der Waals surface area contributed by atoms with Gasteiger partial charge in [0.1, 0.15) is 0 Å². The van der Waals surface area contributed by atoms with E-state index >= 15 is 0 Å². The molecule has 0 heterocycles. The summed E-state index contributed by atoms with van der Waals surface area (Å²) in [5, 5.41) is 1.05. The maximum Gasteiger partial charge on any atom is 0.0474 e. The molecule has 0 unspecified atom stereocenters. The number of hydrogen-bond acceptors (Lipinski definition) is 1. The van der Waals surface area contributed by atoms with Crippen LogP contribution in [0.3, 0.4) is 0 Å². The molecule has 0 aromatic rings. The maximum atomic E-state index is 5.28. The first-order valence-electron chi connectivity index (χ1n) is 3.55. The molecule has 0 aromatic heterocycles. The average molecular weight is 195 g/mol. The molecule has 0 aliphatic heterocycles. The van der Waals surface area contributed by atoms with E-state index in [-0.39, 0.29) is 0 Å². The van der Waals surface area contributed by atoms with Crippen LogP contribution in [0, 0.1) is 0 Å². The highest BCUT2D eigenvalue weighted by atomic mass is 79.9. The fourth-order valence-corrected chi connectivity index (χ4v) is 0.734. The molecule has 0 N–H and O–H groups in total. The van der Waals surface area contributed by atoms with E-state index in [1.807, 2.05) is 0 Å². The lowest BCUT2D eigenvalue weighted by molar-refractivity contribution is 0.133. The highest BCUT2D eigenvalue weighted by Gasteiger charge is 1.85. The molecule has 2 heteroatoms. The van der Waals surface area contributed by atoms with Crippen LogP contribution in [-0.4, -0.2) is 18.5 Å². The largest absolute Gasteiger partial charge is 0.381 e. The SMILES string of the molecule is CCCCOCCCBr. The Balaban J connectivity index is 2.60. The van der Waals surface area contributed by atoms with E-state index in [0.717, 1.165) is 25.0 Å². The lowest BCUT2D eigenvalue weighted by Crippen LogP contribution is -1.96. The molecule has 0 fully saturated rings. The Labute approximate surface area is 65.9 Å². The molecule has 56 valence electrons. The zero-order valence-electron chi connectivity index (χ0n) is 6.03. The van der Waals surface area contributed by atoms with E-state index in [9.17, 15) is 0 Å². The van der Waals surface area contributed by atoms with Gasteiger partial charge in [0.05, 0.1) is 0 Å². The number of hydrogen-bond donors (Lipinski definition) is 0. The van der Waals surface area contributed by atoms with Gasteiger partial charge in [0.25, 0.3) is 0 Å². The zero-order chi connectivity index (χ0) is 6.95. The second kappa shape index (κ2) is 8.44. The topological polar surface area (TPSA) is 9.23 Å². The molecule has 0 radical (unpaired) electrons. The van der Waals surface area contributed by atoms with Crippen LogP contribution >= 0.6 is 15.9 Å². The van der Waals surface area contributed by atoms with Gasteiger partial charge in [-0.15, -0.1) is 0 Å². The van der Waals surface area contributed by atoms with Crippen LogP contribution in [0.2, 0.25) is 0 Å². The molecule has 0 bridgehead atoms. The molecule has 0 spiro atoms. The number of rotatable bonds is 6. The van der Waals surface area contributed by atoms with Gasteiger partial charge >= 0.3 is 0 Å². The minimum absolute atomic E-state index is 0.908. The Kier molecular flexibility index (Phi) is 8.85. The second-order valence-electron chi connectivity index (χ2n) is 2.01. The van der Waals surface area contributed by atoms with E-state index in [0.29, 0.717) is 0 Å². The predicted molar refractivity (Wildman–Crippen MR) is 44.1 cm³/mol. The van der Waals surface area contributed by atoms with Crippen molar-refractivity contribution in [3.05, 3.63) is 0 Å². The Morgan fingerprint density at radius 2 is 1.89 bits per heavy atom. The zero-order valence-corrected chi connectivity index (χ0v) is 7.61. The molecule has 0 aliphatic rings. The molecule has 0 atom stereocenters. The van der Waals surface area contributed by atoms with Crippen molar-refractivity contribution in [3.8, 4) is 0 Å². The van der Waals surface area contributed by atoms with E-state index < -0.39 is 0 Å². The van der Waals surface area contributed by atoms with Gasteiger partial charge in [-0.3, -0.25) is 0 Å². The molecule has 9 heavy (non-hydrogen) atoms. The van der Waals surface area contributed by atoms with Crippen LogP contribution < -0.4 is 0 Å². The molecule has 0 aromatic carbocycles. The van der Waals surface area contributed by atoms with Crippen molar-refractivity contribution < 1.29 is 4.74 Å². The van der Waals surface area contributed by atoms with E-state index in [2.05, 4.69) is 22.9 Å². The van der Waals surface area contributed by atoms with Crippen LogP contribution in [0.5, 0.6) is 0 Å². The third-order valence-electron chi connectivity index (χ3n) is 1.06. The smallest absolute Gasteiger partial charge is 0.0474 e. The van der Waals surface area contributed by atoms with Gasteiger partial charge in [-0.2, -0.15) is 0 Å². The van der Waals surface area contributed by atoms with Gasteiger partial charge in [-0.1, -0.05) is 29.3 Å². The average Bonchev–Trinajstić information content (AvgIpc) is 1.89.